The van der Waals surface area contributed by atoms with E-state index in [2.05, 4.69) is 10.6 Å². The van der Waals surface area contributed by atoms with Crippen molar-refractivity contribution in [2.45, 2.75) is 46.1 Å². The van der Waals surface area contributed by atoms with Crippen LogP contribution in [0.2, 0.25) is 5.02 Å². The van der Waals surface area contributed by atoms with Crippen molar-refractivity contribution in [3.05, 3.63) is 64.7 Å². The molecule has 0 spiro atoms. The second-order valence-electron chi connectivity index (χ2n) is 9.71. The number of anilines is 1. The lowest BCUT2D eigenvalue weighted by atomic mass is 9.65. The predicted octanol–water partition coefficient (Wildman–Crippen LogP) is 4.23. The molecular formula is C26H29ClN2O6. The third-order valence-electron chi connectivity index (χ3n) is 7.39. The van der Waals surface area contributed by atoms with Gasteiger partial charge in [0.1, 0.15) is 6.04 Å². The largest absolute Gasteiger partial charge is 0.481 e. The first kappa shape index (κ1) is 26.2. The Hall–Kier alpha value is -3.39. The van der Waals surface area contributed by atoms with Crippen LogP contribution < -0.4 is 10.6 Å². The van der Waals surface area contributed by atoms with Gasteiger partial charge < -0.3 is 20.8 Å². The monoisotopic (exact) mass is 500 g/mol. The summed E-state index contributed by atoms with van der Waals surface area (Å²) >= 11 is 5.85. The summed E-state index contributed by atoms with van der Waals surface area (Å²) in [5.41, 5.74) is -0.311. The first-order valence-corrected chi connectivity index (χ1v) is 11.7. The lowest BCUT2D eigenvalue weighted by Gasteiger charge is -2.38. The highest BCUT2D eigenvalue weighted by Crippen LogP contribution is 2.56. The molecule has 0 aromatic heterocycles. The number of halogens is 1. The first-order chi connectivity index (χ1) is 16.3. The lowest BCUT2D eigenvalue weighted by Crippen LogP contribution is -2.49. The molecule has 1 aliphatic carbocycles. The van der Waals surface area contributed by atoms with Gasteiger partial charge in [0.25, 0.3) is 5.91 Å². The van der Waals surface area contributed by atoms with Gasteiger partial charge in [0.2, 0.25) is 5.91 Å². The summed E-state index contributed by atoms with van der Waals surface area (Å²) in [6.45, 7) is 5.10. The van der Waals surface area contributed by atoms with Crippen LogP contribution in [0.25, 0.3) is 0 Å². The molecule has 8 nitrogen and oxygen atoms in total. The number of hydrogen-bond donors (Lipinski definition) is 4. The number of hydrogen-bond acceptors (Lipinski definition) is 4. The molecule has 186 valence electrons. The highest BCUT2D eigenvalue weighted by atomic mass is 35.5. The molecule has 1 saturated carbocycles. The minimum absolute atomic E-state index is 0.0174. The third-order valence-corrected chi connectivity index (χ3v) is 7.64. The van der Waals surface area contributed by atoms with E-state index in [0.29, 0.717) is 34.7 Å². The molecule has 4 N–H and O–H groups in total. The van der Waals surface area contributed by atoms with E-state index in [0.717, 1.165) is 0 Å². The lowest BCUT2D eigenvalue weighted by molar-refractivity contribution is -0.155. The average molecular weight is 501 g/mol. The van der Waals surface area contributed by atoms with Gasteiger partial charge in [0.05, 0.1) is 5.41 Å². The van der Waals surface area contributed by atoms with Gasteiger partial charge in [0, 0.05) is 28.6 Å². The maximum atomic E-state index is 13.0. The van der Waals surface area contributed by atoms with E-state index in [1.54, 1.807) is 69.3 Å². The fourth-order valence-electron chi connectivity index (χ4n) is 4.58. The molecule has 1 fully saturated rings. The van der Waals surface area contributed by atoms with E-state index in [-0.39, 0.29) is 12.3 Å². The summed E-state index contributed by atoms with van der Waals surface area (Å²) in [7, 11) is 0. The molecular weight excluding hydrogens is 472 g/mol. The van der Waals surface area contributed by atoms with Crippen molar-refractivity contribution in [1.82, 2.24) is 5.32 Å². The molecule has 2 amide bonds. The average Bonchev–Trinajstić information content (AvgIpc) is 3.05. The Morgan fingerprint density at radius 2 is 1.60 bits per heavy atom. The molecule has 2 aromatic carbocycles. The van der Waals surface area contributed by atoms with Crippen LogP contribution in [0.4, 0.5) is 5.69 Å². The van der Waals surface area contributed by atoms with Crippen LogP contribution in [0.1, 0.15) is 49.5 Å². The fourth-order valence-corrected chi connectivity index (χ4v) is 4.70. The molecule has 3 atom stereocenters. The molecule has 1 aliphatic rings. The number of carbonyl (C=O) groups is 4. The zero-order chi connectivity index (χ0) is 26.0. The predicted molar refractivity (Wildman–Crippen MR) is 131 cm³/mol. The van der Waals surface area contributed by atoms with Crippen molar-refractivity contribution in [1.29, 1.82) is 0 Å². The highest BCUT2D eigenvalue weighted by Gasteiger charge is 2.58. The van der Waals surface area contributed by atoms with E-state index < -0.39 is 40.6 Å². The van der Waals surface area contributed by atoms with Crippen molar-refractivity contribution in [2.24, 2.45) is 16.7 Å². The van der Waals surface area contributed by atoms with Crippen molar-refractivity contribution in [3.8, 4) is 0 Å². The summed E-state index contributed by atoms with van der Waals surface area (Å²) in [6.07, 6.45) is 0.722. The minimum Gasteiger partial charge on any atom is -0.481 e. The summed E-state index contributed by atoms with van der Waals surface area (Å²) in [6, 6.07) is 11.9. The van der Waals surface area contributed by atoms with E-state index in [9.17, 15) is 29.4 Å². The Balaban J connectivity index is 1.66. The van der Waals surface area contributed by atoms with E-state index >= 15 is 0 Å². The smallest absolute Gasteiger partial charge is 0.326 e. The van der Waals surface area contributed by atoms with E-state index in [1.165, 1.54) is 0 Å². The Bertz CT molecular complexity index is 1130. The normalized spacial score (nSPS) is 21.7. The maximum absolute atomic E-state index is 13.0. The SMILES string of the molecule is CC1(C(=O)O)CCC(C(=O)NC(Cc2ccc(C(=O)Nc3ccc(Cl)cc3)cc2)C(=O)O)C1(C)C. The number of nitrogens with one attached hydrogen (secondary N) is 2. The Morgan fingerprint density at radius 3 is 2.11 bits per heavy atom. The maximum Gasteiger partial charge on any atom is 0.326 e. The van der Waals surface area contributed by atoms with Crippen LogP contribution >= 0.6 is 11.6 Å². The molecule has 3 rings (SSSR count). The minimum atomic E-state index is -1.19. The molecule has 3 unspecified atom stereocenters. The van der Waals surface area contributed by atoms with Gasteiger partial charge in [-0.25, -0.2) is 4.79 Å². The van der Waals surface area contributed by atoms with Crippen molar-refractivity contribution >= 4 is 41.0 Å². The van der Waals surface area contributed by atoms with Gasteiger partial charge in [-0.15, -0.1) is 0 Å². The van der Waals surface area contributed by atoms with Crippen LogP contribution in [0.15, 0.2) is 48.5 Å². The van der Waals surface area contributed by atoms with Crippen molar-refractivity contribution < 1.29 is 29.4 Å². The van der Waals surface area contributed by atoms with Crippen LogP contribution in [-0.2, 0) is 20.8 Å². The molecule has 9 heteroatoms. The van der Waals surface area contributed by atoms with Crippen molar-refractivity contribution in [3.63, 3.8) is 0 Å². The number of amides is 2. The van der Waals surface area contributed by atoms with Gasteiger partial charge in [-0.3, -0.25) is 14.4 Å². The summed E-state index contributed by atoms with van der Waals surface area (Å²) in [5.74, 6) is -3.57. The molecule has 35 heavy (non-hydrogen) atoms. The van der Waals surface area contributed by atoms with Crippen LogP contribution in [-0.4, -0.2) is 40.0 Å². The first-order valence-electron chi connectivity index (χ1n) is 11.3. The number of carboxylic acids is 2. The Kier molecular flexibility index (Phi) is 7.55. The number of aliphatic carboxylic acids is 2. The summed E-state index contributed by atoms with van der Waals surface area (Å²) in [5, 5.41) is 25.3. The zero-order valence-electron chi connectivity index (χ0n) is 19.8. The van der Waals surface area contributed by atoms with E-state index in [4.69, 9.17) is 11.6 Å². The van der Waals surface area contributed by atoms with Gasteiger partial charge in [-0.2, -0.15) is 0 Å². The number of rotatable bonds is 8. The molecule has 0 aliphatic heterocycles. The van der Waals surface area contributed by atoms with Crippen LogP contribution in [0, 0.1) is 16.7 Å². The summed E-state index contributed by atoms with van der Waals surface area (Å²) < 4.78 is 0. The van der Waals surface area contributed by atoms with Crippen LogP contribution in [0.5, 0.6) is 0 Å². The number of benzene rings is 2. The van der Waals surface area contributed by atoms with Gasteiger partial charge in [-0.05, 0) is 67.1 Å². The molecule has 0 radical (unpaired) electrons. The highest BCUT2D eigenvalue weighted by molar-refractivity contribution is 6.30. The van der Waals surface area contributed by atoms with Crippen LogP contribution in [0.3, 0.4) is 0 Å². The number of carbonyl (C=O) groups excluding carboxylic acids is 2. The molecule has 0 heterocycles. The second-order valence-corrected chi connectivity index (χ2v) is 10.1. The molecule has 0 saturated heterocycles. The number of carboxylic acid groups (broad SMARTS) is 2. The Labute approximate surface area is 208 Å². The quantitative estimate of drug-likeness (QED) is 0.428. The van der Waals surface area contributed by atoms with Gasteiger partial charge in [0.15, 0.2) is 0 Å². The topological polar surface area (TPSA) is 133 Å². The molecule has 2 aromatic rings. The molecule has 0 bridgehead atoms. The third kappa shape index (κ3) is 5.48. The van der Waals surface area contributed by atoms with Crippen molar-refractivity contribution in [2.75, 3.05) is 5.32 Å². The Morgan fingerprint density at radius 1 is 1.00 bits per heavy atom. The zero-order valence-corrected chi connectivity index (χ0v) is 20.6. The van der Waals surface area contributed by atoms with Gasteiger partial charge in [-0.1, -0.05) is 37.6 Å². The standard InChI is InChI=1S/C26H29ClN2O6/c1-25(2)19(12-13-26(25,3)24(34)35)22(31)29-20(23(32)33)14-15-4-6-16(7-5-15)21(30)28-18-10-8-17(27)9-11-18/h4-11,19-20H,12-14H2,1-3H3,(H,28,30)(H,29,31)(H,32,33)(H,34,35). The second kappa shape index (κ2) is 10.1. The summed E-state index contributed by atoms with van der Waals surface area (Å²) in [4.78, 5) is 49.1. The van der Waals surface area contributed by atoms with Gasteiger partial charge >= 0.3 is 11.9 Å². The van der Waals surface area contributed by atoms with E-state index in [1.807, 2.05) is 0 Å². The fraction of sp³-hybridized carbons (Fsp3) is 0.385.